The van der Waals surface area contributed by atoms with Crippen LogP contribution in [0.4, 0.5) is 0 Å². The first-order chi connectivity index (χ1) is 7.58. The molecular weight excluding hydrogens is 292 g/mol. The van der Waals surface area contributed by atoms with Crippen LogP contribution in [0.1, 0.15) is 22.5 Å². The molecule has 86 valence electrons. The maximum absolute atomic E-state index is 10.1. The van der Waals surface area contributed by atoms with Gasteiger partial charge in [0.15, 0.2) is 4.60 Å². The van der Waals surface area contributed by atoms with Crippen LogP contribution < -0.4 is 0 Å². The fourth-order valence-electron chi connectivity index (χ4n) is 1.45. The predicted octanol–water partition coefficient (Wildman–Crippen LogP) is 1.62. The number of rotatable bonds is 3. The van der Waals surface area contributed by atoms with E-state index in [0.29, 0.717) is 16.7 Å². The van der Waals surface area contributed by atoms with Gasteiger partial charge in [0.05, 0.1) is 5.01 Å². The normalized spacial score (nSPS) is 13.0. The number of aromatic nitrogens is 4. The van der Waals surface area contributed by atoms with Crippen molar-refractivity contribution >= 4 is 27.3 Å². The quantitative estimate of drug-likeness (QED) is 0.936. The molecule has 0 radical (unpaired) electrons. The van der Waals surface area contributed by atoms with Crippen molar-refractivity contribution in [3.05, 3.63) is 26.4 Å². The van der Waals surface area contributed by atoms with Gasteiger partial charge in [0, 0.05) is 24.5 Å². The van der Waals surface area contributed by atoms with Gasteiger partial charge in [-0.2, -0.15) is 0 Å². The molecule has 0 aliphatic heterocycles. The Morgan fingerprint density at radius 2 is 2.38 bits per heavy atom. The molecule has 0 spiro atoms. The summed E-state index contributed by atoms with van der Waals surface area (Å²) in [5, 5.41) is 20.6. The predicted molar refractivity (Wildman–Crippen MR) is 64.2 cm³/mol. The summed E-state index contributed by atoms with van der Waals surface area (Å²) in [6.07, 6.45) is -0.155. The average Bonchev–Trinajstić information content (AvgIpc) is 2.74. The van der Waals surface area contributed by atoms with Gasteiger partial charge in [0.25, 0.3) is 0 Å². The lowest BCUT2D eigenvalue weighted by molar-refractivity contribution is 0.167. The van der Waals surface area contributed by atoms with E-state index in [2.05, 4.69) is 31.2 Å². The van der Waals surface area contributed by atoms with E-state index in [1.165, 1.54) is 0 Å². The zero-order chi connectivity index (χ0) is 11.7. The Morgan fingerprint density at radius 3 is 2.88 bits per heavy atom. The average molecular weight is 303 g/mol. The molecule has 0 aliphatic carbocycles. The van der Waals surface area contributed by atoms with Gasteiger partial charge in [-0.1, -0.05) is 5.21 Å². The van der Waals surface area contributed by atoms with Gasteiger partial charge in [0.1, 0.15) is 11.8 Å². The van der Waals surface area contributed by atoms with Gasteiger partial charge in [0.2, 0.25) is 0 Å². The first kappa shape index (κ1) is 11.7. The van der Waals surface area contributed by atoms with E-state index in [1.54, 1.807) is 23.1 Å². The van der Waals surface area contributed by atoms with E-state index in [4.69, 9.17) is 0 Å². The van der Waals surface area contributed by atoms with Crippen molar-refractivity contribution in [3.63, 3.8) is 0 Å². The van der Waals surface area contributed by atoms with E-state index >= 15 is 0 Å². The minimum atomic E-state index is -0.639. The van der Waals surface area contributed by atoms with Gasteiger partial charge in [-0.05, 0) is 22.9 Å². The van der Waals surface area contributed by atoms with Crippen LogP contribution in [0.2, 0.25) is 0 Å². The third kappa shape index (κ3) is 2.31. The Morgan fingerprint density at radius 1 is 1.62 bits per heavy atom. The lowest BCUT2D eigenvalue weighted by atomic mass is 10.2. The summed E-state index contributed by atoms with van der Waals surface area (Å²) in [6.45, 7) is 1.94. The van der Waals surface area contributed by atoms with Crippen molar-refractivity contribution in [1.29, 1.82) is 0 Å². The third-order valence-electron chi connectivity index (χ3n) is 2.18. The van der Waals surface area contributed by atoms with E-state index in [0.717, 1.165) is 10.7 Å². The molecule has 0 bridgehead atoms. The second-order valence-electron chi connectivity index (χ2n) is 3.49. The second-order valence-corrected chi connectivity index (χ2v) is 5.19. The Hall–Kier alpha value is -0.790. The molecule has 0 saturated heterocycles. The SMILES string of the molecule is Cc1csc(CC(O)c2c(Br)nnn2C)n1. The summed E-state index contributed by atoms with van der Waals surface area (Å²) in [6, 6.07) is 0. The molecule has 1 N–H and O–H groups in total. The highest BCUT2D eigenvalue weighted by Crippen LogP contribution is 2.24. The second kappa shape index (κ2) is 4.60. The Kier molecular flexibility index (Phi) is 3.36. The zero-order valence-electron chi connectivity index (χ0n) is 8.88. The smallest absolute Gasteiger partial charge is 0.154 e. The highest BCUT2D eigenvalue weighted by atomic mass is 79.9. The van der Waals surface area contributed by atoms with Crippen LogP contribution in [0.3, 0.4) is 0 Å². The van der Waals surface area contributed by atoms with Gasteiger partial charge >= 0.3 is 0 Å². The van der Waals surface area contributed by atoms with E-state index < -0.39 is 6.10 Å². The van der Waals surface area contributed by atoms with Crippen LogP contribution in [0, 0.1) is 6.92 Å². The van der Waals surface area contributed by atoms with Gasteiger partial charge in [-0.3, -0.25) is 0 Å². The Labute approximate surface area is 105 Å². The summed E-state index contributed by atoms with van der Waals surface area (Å²) in [5.41, 5.74) is 1.65. The van der Waals surface area contributed by atoms with Crippen molar-refractivity contribution in [3.8, 4) is 0 Å². The number of thiazole rings is 1. The summed E-state index contributed by atoms with van der Waals surface area (Å²) < 4.78 is 2.14. The number of aliphatic hydroxyl groups is 1. The van der Waals surface area contributed by atoms with E-state index in [-0.39, 0.29) is 0 Å². The summed E-state index contributed by atoms with van der Waals surface area (Å²) in [7, 11) is 1.75. The molecule has 5 nitrogen and oxygen atoms in total. The molecule has 0 saturated carbocycles. The minimum absolute atomic E-state index is 0.484. The highest BCUT2D eigenvalue weighted by Gasteiger charge is 2.19. The molecule has 7 heteroatoms. The fourth-order valence-corrected chi connectivity index (χ4v) is 2.85. The molecule has 1 atom stereocenters. The molecule has 16 heavy (non-hydrogen) atoms. The maximum atomic E-state index is 10.1. The summed E-state index contributed by atoms with van der Waals surface area (Å²) >= 11 is 4.82. The van der Waals surface area contributed by atoms with Crippen molar-refractivity contribution in [2.45, 2.75) is 19.4 Å². The van der Waals surface area contributed by atoms with Crippen molar-refractivity contribution in [2.75, 3.05) is 0 Å². The van der Waals surface area contributed by atoms with Crippen LogP contribution in [-0.2, 0) is 13.5 Å². The number of hydrogen-bond donors (Lipinski definition) is 1. The van der Waals surface area contributed by atoms with Crippen LogP contribution in [0.25, 0.3) is 0 Å². The largest absolute Gasteiger partial charge is 0.386 e. The van der Waals surface area contributed by atoms with E-state index in [1.807, 2.05) is 12.3 Å². The molecule has 2 aromatic heterocycles. The van der Waals surface area contributed by atoms with Crippen LogP contribution in [0.5, 0.6) is 0 Å². The molecular formula is C9H11BrN4OS. The van der Waals surface area contributed by atoms with Crippen molar-refractivity contribution in [1.82, 2.24) is 20.0 Å². The standard InChI is InChI=1S/C9H11BrN4OS/c1-5-4-16-7(11-5)3-6(15)8-9(10)12-13-14(8)2/h4,6,15H,3H2,1-2H3. The summed E-state index contributed by atoms with van der Waals surface area (Å²) in [5.74, 6) is 0. The maximum Gasteiger partial charge on any atom is 0.154 e. The molecule has 2 aromatic rings. The van der Waals surface area contributed by atoms with Crippen molar-refractivity contribution < 1.29 is 5.11 Å². The molecule has 0 aromatic carbocycles. The number of nitrogens with zero attached hydrogens (tertiary/aromatic N) is 4. The number of halogens is 1. The lowest BCUT2D eigenvalue weighted by Crippen LogP contribution is -2.08. The Balaban J connectivity index is 2.17. The van der Waals surface area contributed by atoms with Crippen LogP contribution in [0.15, 0.2) is 9.98 Å². The highest BCUT2D eigenvalue weighted by molar-refractivity contribution is 9.10. The zero-order valence-corrected chi connectivity index (χ0v) is 11.3. The van der Waals surface area contributed by atoms with Gasteiger partial charge < -0.3 is 5.11 Å². The fraction of sp³-hybridized carbons (Fsp3) is 0.444. The van der Waals surface area contributed by atoms with E-state index in [9.17, 15) is 5.11 Å². The number of aryl methyl sites for hydroxylation is 2. The van der Waals surface area contributed by atoms with Crippen LogP contribution in [-0.4, -0.2) is 25.1 Å². The molecule has 1 unspecified atom stereocenters. The van der Waals surface area contributed by atoms with Crippen LogP contribution >= 0.6 is 27.3 Å². The van der Waals surface area contributed by atoms with Crippen molar-refractivity contribution in [2.24, 2.45) is 7.05 Å². The minimum Gasteiger partial charge on any atom is -0.386 e. The number of hydrogen-bond acceptors (Lipinski definition) is 5. The molecule has 2 rings (SSSR count). The third-order valence-corrected chi connectivity index (χ3v) is 3.73. The summed E-state index contributed by atoms with van der Waals surface area (Å²) in [4.78, 5) is 4.31. The first-order valence-corrected chi connectivity index (χ1v) is 6.39. The molecule has 0 aliphatic rings. The topological polar surface area (TPSA) is 63.8 Å². The number of aliphatic hydroxyl groups excluding tert-OH is 1. The lowest BCUT2D eigenvalue weighted by Gasteiger charge is -2.08. The Bertz CT molecular complexity index is 476. The monoisotopic (exact) mass is 302 g/mol. The molecule has 0 amide bonds. The van der Waals surface area contributed by atoms with Gasteiger partial charge in [-0.25, -0.2) is 9.67 Å². The first-order valence-electron chi connectivity index (χ1n) is 4.72. The molecule has 0 fully saturated rings. The van der Waals surface area contributed by atoms with Gasteiger partial charge in [-0.15, -0.1) is 16.4 Å². The molecule has 2 heterocycles.